The third-order valence-electron chi connectivity index (χ3n) is 4.30. The summed E-state index contributed by atoms with van der Waals surface area (Å²) in [6.07, 6.45) is 1.18. The number of rotatable bonds is 5. The van der Waals surface area contributed by atoms with Gasteiger partial charge in [-0.15, -0.1) is 0 Å². The lowest BCUT2D eigenvalue weighted by Crippen LogP contribution is -2.50. The van der Waals surface area contributed by atoms with E-state index in [2.05, 4.69) is 4.90 Å². The summed E-state index contributed by atoms with van der Waals surface area (Å²) in [7, 11) is 0. The molecule has 1 amide bonds. The molecule has 0 unspecified atom stereocenters. The van der Waals surface area contributed by atoms with E-state index in [0.717, 1.165) is 5.56 Å². The largest absolute Gasteiger partial charge is 0.467 e. The zero-order chi connectivity index (χ0) is 16.9. The van der Waals surface area contributed by atoms with E-state index in [0.29, 0.717) is 38.5 Å². The second-order valence-electron chi connectivity index (χ2n) is 6.02. The molecule has 128 valence electrons. The van der Waals surface area contributed by atoms with Crippen LogP contribution >= 0.6 is 0 Å². The molecule has 1 N–H and O–H groups in total. The molecule has 1 fully saturated rings. The molecule has 0 saturated carbocycles. The van der Waals surface area contributed by atoms with Crippen LogP contribution in [0.1, 0.15) is 17.4 Å². The third-order valence-corrected chi connectivity index (χ3v) is 4.30. The molecule has 0 radical (unpaired) electrons. The average molecular weight is 332 g/mol. The summed E-state index contributed by atoms with van der Waals surface area (Å²) in [6.45, 7) is 3.18. The SMILES string of the molecule is O=C(Cc1ccc(F)cc1)N1CCN(C[C@H](O)c2ccco2)CC1. The number of aliphatic hydroxyl groups is 1. The van der Waals surface area contributed by atoms with Gasteiger partial charge in [0.05, 0.1) is 12.7 Å². The molecule has 1 atom stereocenters. The monoisotopic (exact) mass is 332 g/mol. The normalized spacial score (nSPS) is 17.0. The Morgan fingerprint density at radius 2 is 1.88 bits per heavy atom. The Morgan fingerprint density at radius 1 is 1.17 bits per heavy atom. The summed E-state index contributed by atoms with van der Waals surface area (Å²) < 4.78 is 18.1. The van der Waals surface area contributed by atoms with Crippen LogP contribution in [0.2, 0.25) is 0 Å². The molecule has 0 spiro atoms. The first-order chi connectivity index (χ1) is 11.6. The van der Waals surface area contributed by atoms with Gasteiger partial charge in [-0.2, -0.15) is 0 Å². The summed E-state index contributed by atoms with van der Waals surface area (Å²) >= 11 is 0. The molecular formula is C18H21FN2O3. The number of hydrogen-bond donors (Lipinski definition) is 1. The van der Waals surface area contributed by atoms with Gasteiger partial charge in [0.2, 0.25) is 5.91 Å². The summed E-state index contributed by atoms with van der Waals surface area (Å²) in [5.41, 5.74) is 0.817. The van der Waals surface area contributed by atoms with E-state index < -0.39 is 6.10 Å². The molecule has 6 heteroatoms. The number of amides is 1. The van der Waals surface area contributed by atoms with Crippen molar-refractivity contribution in [2.45, 2.75) is 12.5 Å². The molecule has 1 aliphatic rings. The summed E-state index contributed by atoms with van der Waals surface area (Å²) in [5, 5.41) is 10.1. The van der Waals surface area contributed by atoms with Crippen LogP contribution < -0.4 is 0 Å². The molecule has 0 bridgehead atoms. The lowest BCUT2D eigenvalue weighted by atomic mass is 10.1. The van der Waals surface area contributed by atoms with E-state index in [9.17, 15) is 14.3 Å². The average Bonchev–Trinajstić information content (AvgIpc) is 3.12. The second kappa shape index (κ2) is 7.59. The first kappa shape index (κ1) is 16.7. The van der Waals surface area contributed by atoms with Crippen molar-refractivity contribution in [3.8, 4) is 0 Å². The molecule has 0 aliphatic carbocycles. The minimum atomic E-state index is -0.651. The predicted octanol–water partition coefficient (Wildman–Crippen LogP) is 1.84. The van der Waals surface area contributed by atoms with Crippen LogP contribution in [-0.2, 0) is 11.2 Å². The molecular weight excluding hydrogens is 311 g/mol. The van der Waals surface area contributed by atoms with Crippen molar-refractivity contribution in [3.05, 3.63) is 59.8 Å². The van der Waals surface area contributed by atoms with E-state index in [1.54, 1.807) is 30.5 Å². The van der Waals surface area contributed by atoms with Crippen LogP contribution in [0.4, 0.5) is 4.39 Å². The lowest BCUT2D eigenvalue weighted by molar-refractivity contribution is -0.132. The number of furan rings is 1. The van der Waals surface area contributed by atoms with Crippen LogP contribution in [0.15, 0.2) is 47.1 Å². The Balaban J connectivity index is 1.46. The van der Waals surface area contributed by atoms with E-state index >= 15 is 0 Å². The fourth-order valence-electron chi connectivity index (χ4n) is 2.88. The van der Waals surface area contributed by atoms with Crippen molar-refractivity contribution >= 4 is 5.91 Å². The minimum absolute atomic E-state index is 0.0489. The quantitative estimate of drug-likeness (QED) is 0.908. The third kappa shape index (κ3) is 4.21. The second-order valence-corrected chi connectivity index (χ2v) is 6.02. The van der Waals surface area contributed by atoms with Gasteiger partial charge in [0.25, 0.3) is 0 Å². The Morgan fingerprint density at radius 3 is 2.50 bits per heavy atom. The van der Waals surface area contributed by atoms with Gasteiger partial charge in [0.15, 0.2) is 0 Å². The molecule has 1 aromatic heterocycles. The number of nitrogens with zero attached hydrogens (tertiary/aromatic N) is 2. The minimum Gasteiger partial charge on any atom is -0.467 e. The van der Waals surface area contributed by atoms with Gasteiger partial charge < -0.3 is 14.4 Å². The lowest BCUT2D eigenvalue weighted by Gasteiger charge is -2.35. The molecule has 24 heavy (non-hydrogen) atoms. The van der Waals surface area contributed by atoms with E-state index in [4.69, 9.17) is 4.42 Å². The van der Waals surface area contributed by atoms with Crippen molar-refractivity contribution in [2.24, 2.45) is 0 Å². The number of aliphatic hydroxyl groups excluding tert-OH is 1. The molecule has 1 saturated heterocycles. The predicted molar refractivity (Wildman–Crippen MR) is 86.8 cm³/mol. The highest BCUT2D eigenvalue weighted by atomic mass is 19.1. The van der Waals surface area contributed by atoms with Gasteiger partial charge in [0, 0.05) is 32.7 Å². The van der Waals surface area contributed by atoms with Crippen molar-refractivity contribution in [2.75, 3.05) is 32.7 Å². The summed E-state index contributed by atoms with van der Waals surface area (Å²) in [6, 6.07) is 9.54. The van der Waals surface area contributed by atoms with Crippen LogP contribution in [0.25, 0.3) is 0 Å². The van der Waals surface area contributed by atoms with Crippen LogP contribution in [0, 0.1) is 5.82 Å². The van der Waals surface area contributed by atoms with Crippen molar-refractivity contribution in [1.29, 1.82) is 0 Å². The maximum atomic E-state index is 12.9. The molecule has 1 aromatic carbocycles. The van der Waals surface area contributed by atoms with Crippen molar-refractivity contribution in [1.82, 2.24) is 9.80 Å². The maximum absolute atomic E-state index is 12.9. The van der Waals surface area contributed by atoms with E-state index in [1.165, 1.54) is 12.1 Å². The summed E-state index contributed by atoms with van der Waals surface area (Å²) in [4.78, 5) is 16.3. The smallest absolute Gasteiger partial charge is 0.227 e. The van der Waals surface area contributed by atoms with Crippen LogP contribution in [0.5, 0.6) is 0 Å². The highest BCUT2D eigenvalue weighted by Crippen LogP contribution is 2.16. The Kier molecular flexibility index (Phi) is 5.27. The number of benzene rings is 1. The van der Waals surface area contributed by atoms with Gasteiger partial charge in [-0.25, -0.2) is 4.39 Å². The van der Waals surface area contributed by atoms with Gasteiger partial charge in [-0.1, -0.05) is 12.1 Å². The number of piperazine rings is 1. The number of carbonyl (C=O) groups is 1. The van der Waals surface area contributed by atoms with Crippen molar-refractivity contribution in [3.63, 3.8) is 0 Å². The van der Waals surface area contributed by atoms with Crippen LogP contribution in [-0.4, -0.2) is 53.5 Å². The molecule has 2 heterocycles. The van der Waals surface area contributed by atoms with Gasteiger partial charge in [0.1, 0.15) is 17.7 Å². The fraction of sp³-hybridized carbons (Fsp3) is 0.389. The Hall–Kier alpha value is -2.18. The number of β-amino-alcohol motifs (C(OH)–C–C–N with tert-alkyl or cyclic N) is 1. The van der Waals surface area contributed by atoms with Gasteiger partial charge >= 0.3 is 0 Å². The first-order valence-corrected chi connectivity index (χ1v) is 8.08. The molecule has 3 rings (SSSR count). The number of hydrogen-bond acceptors (Lipinski definition) is 4. The van der Waals surface area contributed by atoms with Gasteiger partial charge in [-0.05, 0) is 29.8 Å². The maximum Gasteiger partial charge on any atom is 0.227 e. The zero-order valence-electron chi connectivity index (χ0n) is 13.4. The zero-order valence-corrected chi connectivity index (χ0v) is 13.4. The van der Waals surface area contributed by atoms with Gasteiger partial charge in [-0.3, -0.25) is 9.69 Å². The fourth-order valence-corrected chi connectivity index (χ4v) is 2.88. The van der Waals surface area contributed by atoms with Crippen molar-refractivity contribution < 1.29 is 18.7 Å². The molecule has 5 nitrogen and oxygen atoms in total. The molecule has 1 aliphatic heterocycles. The highest BCUT2D eigenvalue weighted by molar-refractivity contribution is 5.78. The van der Waals surface area contributed by atoms with Crippen LogP contribution in [0.3, 0.4) is 0 Å². The Bertz CT molecular complexity index is 649. The molecule has 2 aromatic rings. The van der Waals surface area contributed by atoms with E-state index in [-0.39, 0.29) is 18.1 Å². The summed E-state index contributed by atoms with van der Waals surface area (Å²) in [5.74, 6) is 0.313. The number of halogens is 1. The topological polar surface area (TPSA) is 56.9 Å². The Labute approximate surface area is 140 Å². The van der Waals surface area contributed by atoms with E-state index in [1.807, 2.05) is 4.90 Å². The standard InChI is InChI=1S/C18H21FN2O3/c19-15-5-3-14(4-6-15)12-18(23)21-9-7-20(8-10-21)13-16(22)17-2-1-11-24-17/h1-6,11,16,22H,7-10,12-13H2/t16-/m0/s1. The number of carbonyl (C=O) groups excluding carboxylic acids is 1. The highest BCUT2D eigenvalue weighted by Gasteiger charge is 2.23. The first-order valence-electron chi connectivity index (χ1n) is 8.08.